The second-order valence-corrected chi connectivity index (χ2v) is 8.29. The molecule has 0 aliphatic rings. The van der Waals surface area contributed by atoms with Gasteiger partial charge in [-0.05, 0) is 47.4 Å². The number of amides is 1. The number of phenolic OH excluding ortho intramolecular Hbond substituents is 1. The number of aromatic amines is 1. The standard InChI is InChI=1S/C27H27N3O5/c31-22-11-9-20(21-10-12-24(33)29-26(21)22)23(32)16-28-14-13-17-5-4-8-19(15-17)25(30-27(34)35)18-6-2-1-3-7-18/h1-12,15,23,25,28,30-32H,13-14,16H2,(H,29,33)(H,34,35)/t23-,25?/m0/s1. The van der Waals surface area contributed by atoms with Crippen molar-refractivity contribution in [2.75, 3.05) is 13.1 Å². The van der Waals surface area contributed by atoms with Crippen molar-refractivity contribution in [2.24, 2.45) is 0 Å². The number of pyridine rings is 1. The number of aromatic nitrogens is 1. The molecule has 0 fully saturated rings. The van der Waals surface area contributed by atoms with Crippen LogP contribution in [0.2, 0.25) is 0 Å². The summed E-state index contributed by atoms with van der Waals surface area (Å²) in [6.45, 7) is 0.877. The molecule has 0 radical (unpaired) electrons. The monoisotopic (exact) mass is 473 g/mol. The van der Waals surface area contributed by atoms with Gasteiger partial charge in [-0.2, -0.15) is 0 Å². The predicted molar refractivity (Wildman–Crippen MR) is 134 cm³/mol. The molecule has 0 saturated carbocycles. The molecule has 0 spiro atoms. The second-order valence-electron chi connectivity index (χ2n) is 8.29. The van der Waals surface area contributed by atoms with Gasteiger partial charge in [-0.1, -0.05) is 60.7 Å². The van der Waals surface area contributed by atoms with Crippen LogP contribution >= 0.6 is 0 Å². The Hall–Kier alpha value is -4.14. The Morgan fingerprint density at radius 3 is 2.49 bits per heavy atom. The molecule has 3 aromatic carbocycles. The van der Waals surface area contributed by atoms with Crippen LogP contribution in [0, 0.1) is 0 Å². The summed E-state index contributed by atoms with van der Waals surface area (Å²) in [6, 6.07) is 22.8. The second kappa shape index (κ2) is 10.9. The van der Waals surface area contributed by atoms with Gasteiger partial charge in [0, 0.05) is 18.0 Å². The minimum Gasteiger partial charge on any atom is -0.506 e. The van der Waals surface area contributed by atoms with E-state index in [1.165, 1.54) is 12.1 Å². The molecule has 35 heavy (non-hydrogen) atoms. The maximum atomic E-state index is 11.6. The van der Waals surface area contributed by atoms with E-state index < -0.39 is 18.2 Å². The fourth-order valence-corrected chi connectivity index (χ4v) is 4.19. The van der Waals surface area contributed by atoms with E-state index in [9.17, 15) is 24.9 Å². The Kier molecular flexibility index (Phi) is 7.45. The maximum absolute atomic E-state index is 11.6. The zero-order chi connectivity index (χ0) is 24.8. The van der Waals surface area contributed by atoms with Crippen LogP contribution in [-0.2, 0) is 6.42 Å². The van der Waals surface area contributed by atoms with Crippen molar-refractivity contribution in [3.63, 3.8) is 0 Å². The molecular formula is C27H27N3O5. The Balaban J connectivity index is 1.40. The minimum absolute atomic E-state index is 0.0484. The fraction of sp³-hybridized carbons (Fsp3) is 0.185. The molecule has 4 aromatic rings. The quantitative estimate of drug-likeness (QED) is 0.206. The van der Waals surface area contributed by atoms with Gasteiger partial charge < -0.3 is 30.9 Å². The highest BCUT2D eigenvalue weighted by Crippen LogP contribution is 2.28. The van der Waals surface area contributed by atoms with Crippen molar-refractivity contribution in [3.8, 4) is 5.75 Å². The van der Waals surface area contributed by atoms with Crippen molar-refractivity contribution in [1.82, 2.24) is 15.6 Å². The zero-order valence-corrected chi connectivity index (χ0v) is 18.9. The van der Waals surface area contributed by atoms with Gasteiger partial charge in [0.1, 0.15) is 5.75 Å². The number of aliphatic hydroxyl groups is 1. The first-order valence-electron chi connectivity index (χ1n) is 11.3. The Morgan fingerprint density at radius 1 is 0.943 bits per heavy atom. The molecule has 1 aromatic heterocycles. The number of H-pyrrole nitrogens is 1. The first kappa shape index (κ1) is 24.0. The van der Waals surface area contributed by atoms with Gasteiger partial charge in [-0.25, -0.2) is 4.79 Å². The number of benzene rings is 3. The number of fused-ring (bicyclic) bond motifs is 1. The zero-order valence-electron chi connectivity index (χ0n) is 18.9. The molecule has 8 heteroatoms. The summed E-state index contributed by atoms with van der Waals surface area (Å²) in [5.41, 5.74) is 3.32. The summed E-state index contributed by atoms with van der Waals surface area (Å²) >= 11 is 0. The summed E-state index contributed by atoms with van der Waals surface area (Å²) in [5, 5.41) is 36.5. The maximum Gasteiger partial charge on any atom is 0.405 e. The van der Waals surface area contributed by atoms with Gasteiger partial charge in [0.25, 0.3) is 0 Å². The van der Waals surface area contributed by atoms with E-state index in [1.54, 1.807) is 12.1 Å². The fourth-order valence-electron chi connectivity index (χ4n) is 4.19. The average molecular weight is 474 g/mol. The van der Waals surface area contributed by atoms with Gasteiger partial charge in [0.05, 0.1) is 17.7 Å². The molecule has 0 aliphatic heterocycles. The normalized spacial score (nSPS) is 12.8. The van der Waals surface area contributed by atoms with Crippen molar-refractivity contribution in [3.05, 3.63) is 111 Å². The minimum atomic E-state index is -1.09. The molecule has 1 heterocycles. The number of phenols is 1. The lowest BCUT2D eigenvalue weighted by Gasteiger charge is -2.19. The molecule has 8 nitrogen and oxygen atoms in total. The van der Waals surface area contributed by atoms with Crippen LogP contribution < -0.4 is 16.2 Å². The van der Waals surface area contributed by atoms with Crippen LogP contribution in [0.1, 0.15) is 34.4 Å². The Labute approximate surface area is 201 Å². The third-order valence-electron chi connectivity index (χ3n) is 5.88. The highest BCUT2D eigenvalue weighted by molar-refractivity contribution is 5.87. The van der Waals surface area contributed by atoms with Crippen molar-refractivity contribution in [2.45, 2.75) is 18.6 Å². The summed E-state index contributed by atoms with van der Waals surface area (Å²) in [6.07, 6.45) is -1.25. The highest BCUT2D eigenvalue weighted by atomic mass is 16.4. The summed E-state index contributed by atoms with van der Waals surface area (Å²) < 4.78 is 0. The SMILES string of the molecule is O=C(O)NC(c1ccccc1)c1cccc(CCNC[C@H](O)c2ccc(O)c3[nH]c(=O)ccc23)c1. The number of hydrogen-bond donors (Lipinski definition) is 6. The van der Waals surface area contributed by atoms with Crippen LogP contribution in [-0.4, -0.2) is 39.5 Å². The van der Waals surface area contributed by atoms with E-state index in [0.29, 0.717) is 29.4 Å². The third kappa shape index (κ3) is 5.87. The van der Waals surface area contributed by atoms with Crippen molar-refractivity contribution < 1.29 is 20.1 Å². The molecule has 2 atom stereocenters. The van der Waals surface area contributed by atoms with Crippen LogP contribution in [0.4, 0.5) is 4.79 Å². The third-order valence-corrected chi connectivity index (χ3v) is 5.88. The van der Waals surface area contributed by atoms with Crippen LogP contribution in [0.25, 0.3) is 10.9 Å². The molecule has 0 saturated heterocycles. The number of aromatic hydroxyl groups is 1. The van der Waals surface area contributed by atoms with E-state index >= 15 is 0 Å². The topological polar surface area (TPSA) is 135 Å². The van der Waals surface area contributed by atoms with Gasteiger partial charge in [-0.3, -0.25) is 4.79 Å². The van der Waals surface area contributed by atoms with Crippen LogP contribution in [0.3, 0.4) is 0 Å². The lowest BCUT2D eigenvalue weighted by molar-refractivity contribution is 0.176. The molecule has 0 aliphatic carbocycles. The van der Waals surface area contributed by atoms with Gasteiger partial charge in [0.15, 0.2) is 0 Å². The number of aliphatic hydroxyl groups excluding tert-OH is 1. The van der Waals surface area contributed by atoms with Crippen LogP contribution in [0.5, 0.6) is 5.75 Å². The van der Waals surface area contributed by atoms with Gasteiger partial charge >= 0.3 is 6.09 Å². The molecule has 6 N–H and O–H groups in total. The van der Waals surface area contributed by atoms with Gasteiger partial charge in [0.2, 0.25) is 5.56 Å². The van der Waals surface area contributed by atoms with E-state index in [0.717, 1.165) is 16.7 Å². The van der Waals surface area contributed by atoms with E-state index in [-0.39, 0.29) is 17.9 Å². The largest absolute Gasteiger partial charge is 0.506 e. The molecule has 1 unspecified atom stereocenters. The first-order chi connectivity index (χ1) is 16.9. The summed E-state index contributed by atoms with van der Waals surface area (Å²) in [7, 11) is 0. The summed E-state index contributed by atoms with van der Waals surface area (Å²) in [4.78, 5) is 25.6. The van der Waals surface area contributed by atoms with E-state index in [2.05, 4.69) is 15.6 Å². The van der Waals surface area contributed by atoms with Crippen LogP contribution in [0.15, 0.2) is 83.7 Å². The smallest absolute Gasteiger partial charge is 0.405 e. The Bertz CT molecular complexity index is 1370. The first-order valence-corrected chi connectivity index (χ1v) is 11.3. The lowest BCUT2D eigenvalue weighted by Crippen LogP contribution is -2.27. The lowest BCUT2D eigenvalue weighted by atomic mass is 9.96. The van der Waals surface area contributed by atoms with E-state index in [1.807, 2.05) is 54.6 Å². The number of rotatable bonds is 9. The Morgan fingerprint density at radius 2 is 1.71 bits per heavy atom. The molecule has 0 bridgehead atoms. The molecule has 180 valence electrons. The van der Waals surface area contributed by atoms with E-state index in [4.69, 9.17) is 0 Å². The van der Waals surface area contributed by atoms with Crippen molar-refractivity contribution in [1.29, 1.82) is 0 Å². The molecule has 1 amide bonds. The van der Waals surface area contributed by atoms with Crippen molar-refractivity contribution >= 4 is 17.0 Å². The number of carbonyl (C=O) groups is 1. The molecule has 4 rings (SSSR count). The highest BCUT2D eigenvalue weighted by Gasteiger charge is 2.17. The number of nitrogens with one attached hydrogen (secondary N) is 3. The summed E-state index contributed by atoms with van der Waals surface area (Å²) in [5.74, 6) is -0.0484. The number of carboxylic acid groups (broad SMARTS) is 1. The van der Waals surface area contributed by atoms with Gasteiger partial charge in [-0.15, -0.1) is 0 Å². The average Bonchev–Trinajstić information content (AvgIpc) is 2.86. The number of hydrogen-bond acceptors (Lipinski definition) is 5. The predicted octanol–water partition coefficient (Wildman–Crippen LogP) is 3.46. The molecular weight excluding hydrogens is 446 g/mol.